The van der Waals surface area contributed by atoms with E-state index in [1.54, 1.807) is 6.07 Å². The first-order valence-electron chi connectivity index (χ1n) is 7.09. The standard InChI is InChI=1S/C15H17FN2O2S/c1-2-15(6-3-7-15)18-12-5-4-10(16)8-11(12)17-14(18)21-9-13(19)20/h4-5,8H,2-3,6-7,9H2,1H3,(H,19,20). The van der Waals surface area contributed by atoms with Crippen molar-refractivity contribution in [1.82, 2.24) is 9.55 Å². The topological polar surface area (TPSA) is 55.1 Å². The van der Waals surface area contributed by atoms with Crippen LogP contribution in [-0.4, -0.2) is 26.4 Å². The number of imidazole rings is 1. The van der Waals surface area contributed by atoms with E-state index in [4.69, 9.17) is 5.11 Å². The zero-order chi connectivity index (χ0) is 15.0. The Morgan fingerprint density at radius 2 is 2.29 bits per heavy atom. The van der Waals surface area contributed by atoms with Crippen molar-refractivity contribution in [2.75, 3.05) is 5.75 Å². The number of aromatic nitrogens is 2. The zero-order valence-corrected chi connectivity index (χ0v) is 12.6. The van der Waals surface area contributed by atoms with Crippen molar-refractivity contribution in [1.29, 1.82) is 0 Å². The van der Waals surface area contributed by atoms with Crippen LogP contribution in [0, 0.1) is 5.82 Å². The van der Waals surface area contributed by atoms with Gasteiger partial charge in [-0.15, -0.1) is 0 Å². The predicted molar refractivity (Wildman–Crippen MR) is 80.2 cm³/mol. The SMILES string of the molecule is CCC1(n2c(SCC(=O)O)nc3cc(F)ccc32)CCC1. The van der Waals surface area contributed by atoms with E-state index < -0.39 is 5.97 Å². The third-order valence-corrected chi connectivity index (χ3v) is 5.25. The molecule has 0 aliphatic heterocycles. The van der Waals surface area contributed by atoms with E-state index in [1.807, 2.05) is 0 Å². The molecule has 0 amide bonds. The second-order valence-corrected chi connectivity index (χ2v) is 6.42. The van der Waals surface area contributed by atoms with Crippen LogP contribution < -0.4 is 0 Å². The summed E-state index contributed by atoms with van der Waals surface area (Å²) in [7, 11) is 0. The molecule has 6 heteroatoms. The van der Waals surface area contributed by atoms with Crippen molar-refractivity contribution < 1.29 is 14.3 Å². The molecule has 4 nitrogen and oxygen atoms in total. The Kier molecular flexibility index (Phi) is 3.65. The molecule has 1 aromatic heterocycles. The van der Waals surface area contributed by atoms with Gasteiger partial charge in [-0.05, 0) is 37.8 Å². The summed E-state index contributed by atoms with van der Waals surface area (Å²) in [4.78, 5) is 15.3. The number of carboxylic acids is 1. The van der Waals surface area contributed by atoms with Crippen LogP contribution >= 0.6 is 11.8 Å². The summed E-state index contributed by atoms with van der Waals surface area (Å²) in [6.45, 7) is 2.14. The number of hydrogen-bond donors (Lipinski definition) is 1. The molecule has 21 heavy (non-hydrogen) atoms. The molecule has 2 aromatic rings. The lowest BCUT2D eigenvalue weighted by Crippen LogP contribution is -2.40. The number of nitrogens with zero attached hydrogens (tertiary/aromatic N) is 2. The first-order valence-corrected chi connectivity index (χ1v) is 8.07. The molecular formula is C15H17FN2O2S. The van der Waals surface area contributed by atoms with E-state index in [1.165, 1.54) is 23.9 Å². The van der Waals surface area contributed by atoms with Gasteiger partial charge >= 0.3 is 5.97 Å². The van der Waals surface area contributed by atoms with Gasteiger partial charge in [-0.25, -0.2) is 9.37 Å². The lowest BCUT2D eigenvalue weighted by molar-refractivity contribution is -0.133. The molecule has 1 aromatic carbocycles. The molecule has 1 saturated carbocycles. The summed E-state index contributed by atoms with van der Waals surface area (Å²) < 4.78 is 15.6. The molecule has 0 saturated heterocycles. The van der Waals surface area contributed by atoms with Gasteiger partial charge in [0.2, 0.25) is 0 Å². The number of rotatable bonds is 5. The minimum Gasteiger partial charge on any atom is -0.481 e. The van der Waals surface area contributed by atoms with Crippen LogP contribution in [0.3, 0.4) is 0 Å². The van der Waals surface area contributed by atoms with Gasteiger partial charge in [0.05, 0.1) is 16.8 Å². The highest BCUT2D eigenvalue weighted by atomic mass is 32.2. The highest BCUT2D eigenvalue weighted by molar-refractivity contribution is 7.99. The highest BCUT2D eigenvalue weighted by Crippen LogP contribution is 2.46. The van der Waals surface area contributed by atoms with E-state index in [0.717, 1.165) is 31.2 Å². The molecule has 0 radical (unpaired) electrons. The molecule has 1 aliphatic carbocycles. The lowest BCUT2D eigenvalue weighted by atomic mass is 9.74. The van der Waals surface area contributed by atoms with Crippen LogP contribution in [0.25, 0.3) is 11.0 Å². The van der Waals surface area contributed by atoms with Gasteiger partial charge in [-0.2, -0.15) is 0 Å². The molecular weight excluding hydrogens is 291 g/mol. The molecule has 0 bridgehead atoms. The van der Waals surface area contributed by atoms with Crippen molar-refractivity contribution in [3.05, 3.63) is 24.0 Å². The third-order valence-electron chi connectivity index (χ3n) is 4.33. The minimum absolute atomic E-state index is 0.00736. The van der Waals surface area contributed by atoms with Crippen LogP contribution in [0.1, 0.15) is 32.6 Å². The van der Waals surface area contributed by atoms with E-state index >= 15 is 0 Å². The van der Waals surface area contributed by atoms with Crippen LogP contribution in [0.5, 0.6) is 0 Å². The number of halogens is 1. The summed E-state index contributed by atoms with van der Waals surface area (Å²) in [5.74, 6) is -1.23. The van der Waals surface area contributed by atoms with Crippen LogP contribution in [0.15, 0.2) is 23.4 Å². The summed E-state index contributed by atoms with van der Waals surface area (Å²) in [6.07, 6.45) is 4.26. The van der Waals surface area contributed by atoms with Crippen molar-refractivity contribution >= 4 is 28.8 Å². The molecule has 1 heterocycles. The van der Waals surface area contributed by atoms with Crippen LogP contribution in [-0.2, 0) is 10.3 Å². The van der Waals surface area contributed by atoms with Crippen molar-refractivity contribution in [2.45, 2.75) is 43.3 Å². The fourth-order valence-electron chi connectivity index (χ4n) is 3.03. The molecule has 1 N–H and O–H groups in total. The summed E-state index contributed by atoms with van der Waals surface area (Å²) in [5, 5.41) is 9.58. The number of hydrogen-bond acceptors (Lipinski definition) is 3. The monoisotopic (exact) mass is 308 g/mol. The Balaban J connectivity index is 2.13. The van der Waals surface area contributed by atoms with Gasteiger partial charge in [0.25, 0.3) is 0 Å². The van der Waals surface area contributed by atoms with Crippen molar-refractivity contribution in [3.8, 4) is 0 Å². The fraction of sp³-hybridized carbons (Fsp3) is 0.467. The molecule has 112 valence electrons. The Labute approximate surface area is 126 Å². The molecule has 3 rings (SSSR count). The number of carboxylic acid groups (broad SMARTS) is 1. The minimum atomic E-state index is -0.871. The highest BCUT2D eigenvalue weighted by Gasteiger charge is 2.39. The predicted octanol–water partition coefficient (Wildman–Crippen LogP) is 3.64. The molecule has 0 spiro atoms. The summed E-state index contributed by atoms with van der Waals surface area (Å²) in [5.41, 5.74) is 1.50. The maximum Gasteiger partial charge on any atom is 0.313 e. The van der Waals surface area contributed by atoms with Gasteiger partial charge in [-0.1, -0.05) is 18.7 Å². The lowest BCUT2D eigenvalue weighted by Gasteiger charge is -2.43. The van der Waals surface area contributed by atoms with E-state index in [0.29, 0.717) is 10.7 Å². The maximum absolute atomic E-state index is 13.4. The fourth-order valence-corrected chi connectivity index (χ4v) is 3.87. The average molecular weight is 308 g/mol. The quantitative estimate of drug-likeness (QED) is 0.857. The second kappa shape index (κ2) is 5.33. The number of thioether (sulfide) groups is 1. The third kappa shape index (κ3) is 2.41. The van der Waals surface area contributed by atoms with Gasteiger partial charge in [0.15, 0.2) is 5.16 Å². The van der Waals surface area contributed by atoms with Gasteiger partial charge in [0, 0.05) is 11.6 Å². The number of carbonyl (C=O) groups is 1. The maximum atomic E-state index is 13.4. The van der Waals surface area contributed by atoms with Gasteiger partial charge in [-0.3, -0.25) is 4.79 Å². The van der Waals surface area contributed by atoms with Gasteiger partial charge < -0.3 is 9.67 Å². The average Bonchev–Trinajstić information content (AvgIpc) is 2.74. The molecule has 0 atom stereocenters. The van der Waals surface area contributed by atoms with Crippen molar-refractivity contribution in [3.63, 3.8) is 0 Å². The zero-order valence-electron chi connectivity index (χ0n) is 11.8. The number of aliphatic carboxylic acids is 1. The van der Waals surface area contributed by atoms with Crippen molar-refractivity contribution in [2.24, 2.45) is 0 Å². The van der Waals surface area contributed by atoms with Gasteiger partial charge in [0.1, 0.15) is 5.82 Å². The molecule has 1 aliphatic rings. The first-order chi connectivity index (χ1) is 10.1. The largest absolute Gasteiger partial charge is 0.481 e. The number of benzene rings is 1. The van der Waals surface area contributed by atoms with Crippen LogP contribution in [0.2, 0.25) is 0 Å². The smallest absolute Gasteiger partial charge is 0.313 e. The Hall–Kier alpha value is -1.56. The Bertz CT molecular complexity index is 689. The summed E-state index contributed by atoms with van der Waals surface area (Å²) >= 11 is 1.21. The number of fused-ring (bicyclic) bond motifs is 1. The Morgan fingerprint density at radius 1 is 1.52 bits per heavy atom. The molecule has 0 unspecified atom stereocenters. The summed E-state index contributed by atoms with van der Waals surface area (Å²) in [6, 6.07) is 4.60. The second-order valence-electron chi connectivity index (χ2n) is 5.48. The molecule has 1 fully saturated rings. The Morgan fingerprint density at radius 3 is 2.86 bits per heavy atom. The van der Waals surface area contributed by atoms with Crippen LogP contribution in [0.4, 0.5) is 4.39 Å². The first kappa shape index (κ1) is 14.4. The van der Waals surface area contributed by atoms with E-state index in [2.05, 4.69) is 16.5 Å². The normalized spacial score (nSPS) is 16.9. The van der Waals surface area contributed by atoms with E-state index in [9.17, 15) is 9.18 Å². The van der Waals surface area contributed by atoms with E-state index in [-0.39, 0.29) is 17.1 Å².